The third-order valence-corrected chi connectivity index (χ3v) is 3.35. The number of pyridine rings is 1. The molecule has 0 spiro atoms. The second kappa shape index (κ2) is 6.62. The van der Waals surface area contributed by atoms with Crippen molar-refractivity contribution in [2.45, 2.75) is 12.5 Å². The summed E-state index contributed by atoms with van der Waals surface area (Å²) < 4.78 is 10.2. The molecule has 0 amide bonds. The van der Waals surface area contributed by atoms with Crippen LogP contribution in [0.4, 0.5) is 5.82 Å². The molecule has 1 fully saturated rings. The van der Waals surface area contributed by atoms with Crippen molar-refractivity contribution in [3.63, 3.8) is 0 Å². The molecule has 1 atom stereocenters. The molecule has 1 unspecified atom stereocenters. The van der Waals surface area contributed by atoms with Gasteiger partial charge in [-0.25, -0.2) is 4.98 Å². The third kappa shape index (κ3) is 3.64. The monoisotopic (exact) mass is 295 g/mol. The minimum absolute atomic E-state index is 0.188. The van der Waals surface area contributed by atoms with Crippen molar-refractivity contribution in [2.24, 2.45) is 5.73 Å². The molecule has 1 aromatic rings. The third-order valence-electron chi connectivity index (χ3n) is 3.11. The zero-order chi connectivity index (χ0) is 14.5. The fourth-order valence-electron chi connectivity index (χ4n) is 2.06. The van der Waals surface area contributed by atoms with Gasteiger partial charge in [-0.15, -0.1) is 0 Å². The van der Waals surface area contributed by atoms with Crippen LogP contribution in [0.25, 0.3) is 0 Å². The number of esters is 1. The molecule has 1 saturated heterocycles. The van der Waals surface area contributed by atoms with Gasteiger partial charge in [-0.3, -0.25) is 4.79 Å². The van der Waals surface area contributed by atoms with Crippen molar-refractivity contribution >= 4 is 29.0 Å². The van der Waals surface area contributed by atoms with Gasteiger partial charge in [0.25, 0.3) is 0 Å². The van der Waals surface area contributed by atoms with Crippen LogP contribution in [-0.2, 0) is 14.3 Å². The molecule has 6 nitrogen and oxygen atoms in total. The highest BCUT2D eigenvalue weighted by molar-refractivity contribution is 7.80. The highest BCUT2D eigenvalue weighted by atomic mass is 32.1. The van der Waals surface area contributed by atoms with Crippen molar-refractivity contribution < 1.29 is 14.3 Å². The van der Waals surface area contributed by atoms with Crippen molar-refractivity contribution in [1.29, 1.82) is 0 Å². The number of rotatable bonds is 4. The lowest BCUT2D eigenvalue weighted by atomic mass is 10.2. The average molecular weight is 295 g/mol. The second-order valence-corrected chi connectivity index (χ2v) is 4.93. The lowest BCUT2D eigenvalue weighted by molar-refractivity contribution is -0.144. The predicted molar refractivity (Wildman–Crippen MR) is 78.7 cm³/mol. The first-order valence-electron chi connectivity index (χ1n) is 6.29. The highest BCUT2D eigenvalue weighted by Crippen LogP contribution is 2.18. The van der Waals surface area contributed by atoms with Gasteiger partial charge in [0.05, 0.1) is 26.2 Å². The Hall–Kier alpha value is -1.73. The van der Waals surface area contributed by atoms with E-state index < -0.39 is 0 Å². The van der Waals surface area contributed by atoms with Crippen LogP contribution < -0.4 is 10.6 Å². The summed E-state index contributed by atoms with van der Waals surface area (Å²) in [4.78, 5) is 18.0. The predicted octanol–water partition coefficient (Wildman–Crippen LogP) is 0.484. The number of carbonyl (C=O) groups is 1. The van der Waals surface area contributed by atoms with E-state index in [2.05, 4.69) is 14.6 Å². The van der Waals surface area contributed by atoms with Gasteiger partial charge in [0, 0.05) is 24.8 Å². The molecule has 20 heavy (non-hydrogen) atoms. The highest BCUT2D eigenvalue weighted by Gasteiger charge is 2.24. The first-order valence-corrected chi connectivity index (χ1v) is 6.70. The Labute approximate surface area is 122 Å². The number of methoxy groups -OCH3 is 1. The Morgan fingerprint density at radius 3 is 3.20 bits per heavy atom. The van der Waals surface area contributed by atoms with Gasteiger partial charge >= 0.3 is 5.97 Å². The number of ether oxygens (including phenoxy) is 2. The molecule has 2 heterocycles. The van der Waals surface area contributed by atoms with Gasteiger partial charge < -0.3 is 20.1 Å². The Morgan fingerprint density at radius 1 is 1.70 bits per heavy atom. The number of hydrogen-bond donors (Lipinski definition) is 1. The number of nitrogens with two attached hydrogens (primary N) is 1. The fraction of sp³-hybridized carbons (Fsp3) is 0.462. The summed E-state index contributed by atoms with van der Waals surface area (Å²) in [6.45, 7) is 1.84. The summed E-state index contributed by atoms with van der Waals surface area (Å²) in [7, 11) is 1.37. The smallest absolute Gasteiger partial charge is 0.308 e. The van der Waals surface area contributed by atoms with E-state index in [4.69, 9.17) is 22.7 Å². The zero-order valence-electron chi connectivity index (χ0n) is 11.2. The Morgan fingerprint density at radius 2 is 2.50 bits per heavy atom. The van der Waals surface area contributed by atoms with Gasteiger partial charge in [-0.05, 0) is 12.1 Å². The van der Waals surface area contributed by atoms with Crippen LogP contribution in [0.15, 0.2) is 18.3 Å². The standard InChI is InChI=1S/C13H17N3O3S/c1-18-12(17)7-10-8-16(4-5-19-10)11-6-9(13(14)20)2-3-15-11/h2-3,6,10H,4-5,7-8H2,1H3,(H2,14,20). The summed E-state index contributed by atoms with van der Waals surface area (Å²) in [5.74, 6) is 0.509. The van der Waals surface area contributed by atoms with E-state index in [1.54, 1.807) is 12.3 Å². The molecule has 2 N–H and O–H groups in total. The van der Waals surface area contributed by atoms with Crippen LogP contribution in [-0.4, -0.2) is 48.9 Å². The average Bonchev–Trinajstić information content (AvgIpc) is 2.47. The molecular formula is C13H17N3O3S. The number of morpholine rings is 1. The quantitative estimate of drug-likeness (QED) is 0.639. The number of anilines is 1. The van der Waals surface area contributed by atoms with Crippen LogP contribution in [0, 0.1) is 0 Å². The maximum absolute atomic E-state index is 11.3. The molecule has 108 valence electrons. The number of thiocarbonyl (C=S) groups is 1. The van der Waals surface area contributed by atoms with Crippen molar-refractivity contribution in [3.05, 3.63) is 23.9 Å². The Bertz CT molecular complexity index is 509. The minimum atomic E-state index is -0.276. The molecule has 0 aliphatic carbocycles. The first-order chi connectivity index (χ1) is 9.60. The molecule has 0 saturated carbocycles. The van der Waals surface area contributed by atoms with E-state index in [1.165, 1.54) is 7.11 Å². The van der Waals surface area contributed by atoms with Gasteiger partial charge in [-0.2, -0.15) is 0 Å². The van der Waals surface area contributed by atoms with Crippen LogP contribution >= 0.6 is 12.2 Å². The minimum Gasteiger partial charge on any atom is -0.469 e. The van der Waals surface area contributed by atoms with Gasteiger partial charge in [0.1, 0.15) is 10.8 Å². The number of carbonyl (C=O) groups excluding carboxylic acids is 1. The van der Waals surface area contributed by atoms with Crippen LogP contribution in [0.3, 0.4) is 0 Å². The topological polar surface area (TPSA) is 77.7 Å². The first kappa shape index (κ1) is 14.7. The molecule has 7 heteroatoms. The van der Waals surface area contributed by atoms with Crippen LogP contribution in [0.2, 0.25) is 0 Å². The molecule has 0 bridgehead atoms. The Balaban J connectivity index is 2.06. The largest absolute Gasteiger partial charge is 0.469 e. The SMILES string of the molecule is COC(=O)CC1CN(c2cc(C(N)=S)ccn2)CCO1. The summed E-state index contributed by atoms with van der Waals surface area (Å²) in [6, 6.07) is 3.63. The van der Waals surface area contributed by atoms with Crippen LogP contribution in [0.1, 0.15) is 12.0 Å². The molecular weight excluding hydrogens is 278 g/mol. The Kier molecular flexibility index (Phi) is 4.86. The maximum atomic E-state index is 11.3. The van der Waals surface area contributed by atoms with Gasteiger partial charge in [0.2, 0.25) is 0 Å². The molecule has 1 aliphatic rings. The lowest BCUT2D eigenvalue weighted by Crippen LogP contribution is -2.43. The van der Waals surface area contributed by atoms with E-state index in [9.17, 15) is 4.79 Å². The van der Waals surface area contributed by atoms with E-state index in [0.29, 0.717) is 24.7 Å². The number of aromatic nitrogens is 1. The van der Waals surface area contributed by atoms with Gasteiger partial charge in [0.15, 0.2) is 0 Å². The summed E-state index contributed by atoms with van der Waals surface area (Å²) in [5.41, 5.74) is 6.40. The summed E-state index contributed by atoms with van der Waals surface area (Å²) >= 11 is 4.96. The fourth-order valence-corrected chi connectivity index (χ4v) is 2.19. The number of hydrogen-bond acceptors (Lipinski definition) is 6. The summed E-state index contributed by atoms with van der Waals surface area (Å²) in [6.07, 6.45) is 1.72. The van der Waals surface area contributed by atoms with E-state index >= 15 is 0 Å². The normalized spacial score (nSPS) is 18.6. The van der Waals surface area contributed by atoms with E-state index in [1.807, 2.05) is 6.07 Å². The van der Waals surface area contributed by atoms with E-state index in [-0.39, 0.29) is 18.5 Å². The maximum Gasteiger partial charge on any atom is 0.308 e. The van der Waals surface area contributed by atoms with Crippen LogP contribution in [0.5, 0.6) is 0 Å². The summed E-state index contributed by atoms with van der Waals surface area (Å²) in [5, 5.41) is 0. The molecule has 1 aliphatic heterocycles. The van der Waals surface area contributed by atoms with Gasteiger partial charge in [-0.1, -0.05) is 12.2 Å². The molecule has 2 rings (SSSR count). The lowest BCUT2D eigenvalue weighted by Gasteiger charge is -2.33. The number of nitrogens with zero attached hydrogens (tertiary/aromatic N) is 2. The van der Waals surface area contributed by atoms with E-state index in [0.717, 1.165) is 11.4 Å². The second-order valence-electron chi connectivity index (χ2n) is 4.49. The molecule has 1 aromatic heterocycles. The molecule has 0 radical (unpaired) electrons. The van der Waals surface area contributed by atoms with Crippen molar-refractivity contribution in [2.75, 3.05) is 31.7 Å². The van der Waals surface area contributed by atoms with Crippen molar-refractivity contribution in [1.82, 2.24) is 4.98 Å². The molecule has 0 aromatic carbocycles. The van der Waals surface area contributed by atoms with Crippen molar-refractivity contribution in [3.8, 4) is 0 Å². The zero-order valence-corrected chi connectivity index (χ0v) is 12.1.